The molecule has 152 valence electrons. The summed E-state index contributed by atoms with van der Waals surface area (Å²) in [7, 11) is 1.35. The van der Waals surface area contributed by atoms with E-state index < -0.39 is 23.0 Å². The lowest BCUT2D eigenvalue weighted by Crippen LogP contribution is -2.58. The van der Waals surface area contributed by atoms with E-state index in [2.05, 4.69) is 29.6 Å². The molecule has 0 bridgehead atoms. The summed E-state index contributed by atoms with van der Waals surface area (Å²) < 4.78 is 5.11. The molecule has 0 radical (unpaired) electrons. The molecule has 4 rings (SSSR count). The van der Waals surface area contributed by atoms with Crippen LogP contribution < -0.4 is 5.32 Å². The number of hydrogen-bond acceptors (Lipinski definition) is 4. The van der Waals surface area contributed by atoms with Crippen molar-refractivity contribution in [2.24, 2.45) is 5.41 Å². The highest BCUT2D eigenvalue weighted by Gasteiger charge is 2.49. The molecule has 1 N–H and O–H groups in total. The molecule has 0 fully saturated rings. The lowest BCUT2D eigenvalue weighted by molar-refractivity contribution is -0.148. The number of fused-ring (bicyclic) bond motifs is 3. The number of aldehydes is 1. The van der Waals surface area contributed by atoms with Crippen molar-refractivity contribution in [3.63, 3.8) is 0 Å². The first-order valence-corrected chi connectivity index (χ1v) is 10.0. The average Bonchev–Trinajstić information content (AvgIpc) is 3.08. The van der Waals surface area contributed by atoms with Crippen molar-refractivity contribution in [3.8, 4) is 11.1 Å². The van der Waals surface area contributed by atoms with Crippen molar-refractivity contribution in [3.05, 3.63) is 95.6 Å². The van der Waals surface area contributed by atoms with E-state index in [9.17, 15) is 9.59 Å². The van der Waals surface area contributed by atoms with Gasteiger partial charge in [0.05, 0.1) is 12.6 Å². The van der Waals surface area contributed by atoms with Gasteiger partial charge in [-0.2, -0.15) is 0 Å². The Morgan fingerprint density at radius 3 is 1.90 bits per heavy atom. The SMILES string of the molecule is COC(=O)[C@H](NC1(c2ccccc2)c2ccccc2-c2ccccc21)C(C)(C)C=O. The molecular weight excluding hydrogens is 374 g/mol. The summed E-state index contributed by atoms with van der Waals surface area (Å²) >= 11 is 0. The summed E-state index contributed by atoms with van der Waals surface area (Å²) in [5.41, 5.74) is 3.54. The van der Waals surface area contributed by atoms with E-state index in [0.717, 1.165) is 34.1 Å². The molecule has 0 heterocycles. The third-order valence-electron chi connectivity index (χ3n) is 6.00. The zero-order valence-corrected chi connectivity index (χ0v) is 17.4. The second-order valence-corrected chi connectivity index (χ2v) is 8.25. The maximum Gasteiger partial charge on any atom is 0.323 e. The fourth-order valence-corrected chi connectivity index (χ4v) is 4.42. The number of nitrogens with one attached hydrogen (secondary N) is 1. The van der Waals surface area contributed by atoms with Gasteiger partial charge in [-0.25, -0.2) is 0 Å². The van der Waals surface area contributed by atoms with Gasteiger partial charge in [0.25, 0.3) is 0 Å². The van der Waals surface area contributed by atoms with Gasteiger partial charge in [0, 0.05) is 5.41 Å². The van der Waals surface area contributed by atoms with Crippen molar-refractivity contribution >= 4 is 12.3 Å². The van der Waals surface area contributed by atoms with Crippen LogP contribution in [-0.4, -0.2) is 25.4 Å². The summed E-state index contributed by atoms with van der Waals surface area (Å²) in [6.07, 6.45) is 0.813. The maximum atomic E-state index is 12.9. The number of carbonyl (C=O) groups is 2. The van der Waals surface area contributed by atoms with E-state index >= 15 is 0 Å². The van der Waals surface area contributed by atoms with Gasteiger partial charge in [0.15, 0.2) is 0 Å². The predicted molar refractivity (Wildman–Crippen MR) is 117 cm³/mol. The first kappa shape index (κ1) is 20.0. The molecule has 0 saturated heterocycles. The van der Waals surface area contributed by atoms with Crippen LogP contribution in [-0.2, 0) is 19.9 Å². The van der Waals surface area contributed by atoms with Gasteiger partial charge in [0.1, 0.15) is 12.3 Å². The number of esters is 1. The van der Waals surface area contributed by atoms with Crippen molar-refractivity contribution < 1.29 is 14.3 Å². The second-order valence-electron chi connectivity index (χ2n) is 8.25. The van der Waals surface area contributed by atoms with Gasteiger partial charge in [-0.15, -0.1) is 0 Å². The number of benzene rings is 3. The van der Waals surface area contributed by atoms with Crippen molar-refractivity contribution in [2.75, 3.05) is 7.11 Å². The fraction of sp³-hybridized carbons (Fsp3) is 0.231. The molecule has 0 aromatic heterocycles. The average molecular weight is 399 g/mol. The molecule has 4 heteroatoms. The molecule has 3 aromatic carbocycles. The van der Waals surface area contributed by atoms with Gasteiger partial charge in [0.2, 0.25) is 0 Å². The van der Waals surface area contributed by atoms with Crippen LogP contribution in [0.5, 0.6) is 0 Å². The third kappa shape index (κ3) is 2.96. The van der Waals surface area contributed by atoms with E-state index in [1.165, 1.54) is 7.11 Å². The molecule has 1 aliphatic rings. The Morgan fingerprint density at radius 2 is 1.40 bits per heavy atom. The van der Waals surface area contributed by atoms with Gasteiger partial charge >= 0.3 is 5.97 Å². The summed E-state index contributed by atoms with van der Waals surface area (Å²) in [5, 5.41) is 3.59. The number of ether oxygens (including phenoxy) is 1. The van der Waals surface area contributed by atoms with E-state index in [1.54, 1.807) is 13.8 Å². The largest absolute Gasteiger partial charge is 0.468 e. The van der Waals surface area contributed by atoms with Crippen molar-refractivity contribution in [2.45, 2.75) is 25.4 Å². The maximum absolute atomic E-state index is 12.9. The minimum absolute atomic E-state index is 0.468. The van der Waals surface area contributed by atoms with Gasteiger partial charge in [-0.1, -0.05) is 92.7 Å². The smallest absolute Gasteiger partial charge is 0.323 e. The van der Waals surface area contributed by atoms with Crippen molar-refractivity contribution in [1.82, 2.24) is 5.32 Å². The molecule has 4 nitrogen and oxygen atoms in total. The zero-order chi connectivity index (χ0) is 21.4. The lowest BCUT2D eigenvalue weighted by atomic mass is 9.77. The zero-order valence-electron chi connectivity index (χ0n) is 17.4. The van der Waals surface area contributed by atoms with Crippen LogP contribution in [0.3, 0.4) is 0 Å². The molecule has 0 unspecified atom stereocenters. The molecule has 0 aliphatic heterocycles. The van der Waals surface area contributed by atoms with E-state index in [1.807, 2.05) is 54.6 Å². The standard InChI is InChI=1S/C26H25NO3/c1-25(2,17-28)23(24(29)30-3)27-26(18-11-5-4-6-12-18)21-15-9-7-13-19(21)20-14-8-10-16-22(20)26/h4-17,23,27H,1-3H3/t23-/m0/s1. The molecule has 0 spiro atoms. The topological polar surface area (TPSA) is 55.4 Å². The minimum Gasteiger partial charge on any atom is -0.468 e. The number of hydrogen-bond donors (Lipinski definition) is 1. The molecule has 3 aromatic rings. The quantitative estimate of drug-likeness (QED) is 0.496. The molecule has 0 amide bonds. The van der Waals surface area contributed by atoms with Gasteiger partial charge in [-0.05, 0) is 27.8 Å². The van der Waals surface area contributed by atoms with Crippen LogP contribution in [0.25, 0.3) is 11.1 Å². The highest BCUT2D eigenvalue weighted by atomic mass is 16.5. The summed E-state index contributed by atoms with van der Waals surface area (Å²) in [5.74, 6) is -0.468. The van der Waals surface area contributed by atoms with Gasteiger partial charge < -0.3 is 9.53 Å². The van der Waals surface area contributed by atoms with Crippen molar-refractivity contribution in [1.29, 1.82) is 0 Å². The van der Waals surface area contributed by atoms with Crippen LogP contribution in [0.4, 0.5) is 0 Å². The van der Waals surface area contributed by atoms with Crippen LogP contribution >= 0.6 is 0 Å². The highest BCUT2D eigenvalue weighted by Crippen LogP contribution is 2.51. The van der Waals surface area contributed by atoms with Crippen LogP contribution in [0.2, 0.25) is 0 Å². The van der Waals surface area contributed by atoms with E-state index in [4.69, 9.17) is 4.74 Å². The molecule has 1 aliphatic carbocycles. The predicted octanol–water partition coefficient (Wildman–Crippen LogP) is 4.32. The first-order valence-electron chi connectivity index (χ1n) is 10.0. The lowest BCUT2D eigenvalue weighted by Gasteiger charge is -2.40. The fourth-order valence-electron chi connectivity index (χ4n) is 4.42. The monoisotopic (exact) mass is 399 g/mol. The summed E-state index contributed by atoms with van der Waals surface area (Å²) in [6, 6.07) is 25.6. The highest BCUT2D eigenvalue weighted by molar-refractivity contribution is 5.86. The van der Waals surface area contributed by atoms with E-state index in [-0.39, 0.29) is 0 Å². The first-order chi connectivity index (χ1) is 14.5. The molecular formula is C26H25NO3. The van der Waals surface area contributed by atoms with Crippen LogP contribution in [0.1, 0.15) is 30.5 Å². The van der Waals surface area contributed by atoms with E-state index in [0.29, 0.717) is 0 Å². The number of carbonyl (C=O) groups excluding carboxylic acids is 2. The van der Waals surface area contributed by atoms with Gasteiger partial charge in [-0.3, -0.25) is 10.1 Å². The Labute approximate surface area is 176 Å². The number of methoxy groups -OCH3 is 1. The molecule has 0 saturated carbocycles. The Kier molecular flexibility index (Phi) is 5.04. The Morgan fingerprint density at radius 1 is 0.900 bits per heavy atom. The summed E-state index contributed by atoms with van der Waals surface area (Å²) in [4.78, 5) is 24.8. The summed E-state index contributed by atoms with van der Waals surface area (Å²) in [6.45, 7) is 3.50. The normalized spacial score (nSPS) is 15.0. The molecule has 30 heavy (non-hydrogen) atoms. The third-order valence-corrected chi connectivity index (χ3v) is 6.00. The Hall–Kier alpha value is -3.24. The second kappa shape index (κ2) is 7.54. The van der Waals surface area contributed by atoms with Crippen LogP contribution in [0.15, 0.2) is 78.9 Å². The minimum atomic E-state index is -0.971. The molecule has 1 atom stereocenters. The Bertz CT molecular complexity index is 1040. The van der Waals surface area contributed by atoms with Crippen LogP contribution in [0, 0.1) is 5.41 Å². The number of rotatable bonds is 6. The Balaban J connectivity index is 2.03.